The fourth-order valence-corrected chi connectivity index (χ4v) is 3.26. The summed E-state index contributed by atoms with van der Waals surface area (Å²) in [5, 5.41) is 0. The molecule has 0 heterocycles. The Labute approximate surface area is 108 Å². The van der Waals surface area contributed by atoms with E-state index in [2.05, 4.69) is 0 Å². The molecular formula is C13H17FO2Se. The molecule has 1 aromatic rings. The van der Waals surface area contributed by atoms with Crippen molar-refractivity contribution < 1.29 is 13.9 Å². The minimum absolute atomic E-state index is 0.199. The second-order valence-electron chi connectivity index (χ2n) is 4.01. The van der Waals surface area contributed by atoms with Gasteiger partial charge in [0.2, 0.25) is 0 Å². The maximum atomic E-state index is 13.5. The molecule has 2 nitrogen and oxygen atoms in total. The van der Waals surface area contributed by atoms with E-state index in [1.54, 1.807) is 13.8 Å². The van der Waals surface area contributed by atoms with Crippen LogP contribution in [0.2, 0.25) is 4.82 Å². The van der Waals surface area contributed by atoms with E-state index in [-0.39, 0.29) is 21.1 Å². The van der Waals surface area contributed by atoms with Gasteiger partial charge in [-0.15, -0.1) is 0 Å². The molecule has 0 aliphatic rings. The number of rotatable bonds is 5. The molecule has 0 N–H and O–H groups in total. The molecule has 0 aromatic heterocycles. The van der Waals surface area contributed by atoms with Crippen molar-refractivity contribution in [3.63, 3.8) is 0 Å². The van der Waals surface area contributed by atoms with E-state index in [4.69, 9.17) is 4.74 Å². The Morgan fingerprint density at radius 3 is 2.29 bits per heavy atom. The van der Waals surface area contributed by atoms with Crippen LogP contribution in [-0.4, -0.2) is 33.2 Å². The van der Waals surface area contributed by atoms with Gasteiger partial charge in [-0.05, 0) is 0 Å². The van der Waals surface area contributed by atoms with E-state index in [0.29, 0.717) is 0 Å². The zero-order chi connectivity index (χ0) is 12.8. The van der Waals surface area contributed by atoms with Crippen LogP contribution in [0.25, 0.3) is 0 Å². The average Bonchev–Trinajstić information content (AvgIpc) is 2.25. The summed E-state index contributed by atoms with van der Waals surface area (Å²) in [5.41, 5.74) is 0. The van der Waals surface area contributed by atoms with Crippen LogP contribution < -0.4 is 4.46 Å². The van der Waals surface area contributed by atoms with Gasteiger partial charge in [0.05, 0.1) is 0 Å². The van der Waals surface area contributed by atoms with Crippen molar-refractivity contribution in [2.45, 2.75) is 37.9 Å². The van der Waals surface area contributed by atoms with Gasteiger partial charge in [-0.1, -0.05) is 0 Å². The van der Waals surface area contributed by atoms with Crippen LogP contribution in [0.5, 0.6) is 0 Å². The molecular weight excluding hydrogens is 286 g/mol. The van der Waals surface area contributed by atoms with E-state index >= 15 is 0 Å². The summed E-state index contributed by atoms with van der Waals surface area (Å²) < 4.78 is 19.6. The topological polar surface area (TPSA) is 26.3 Å². The molecule has 4 heteroatoms. The van der Waals surface area contributed by atoms with Crippen molar-refractivity contribution in [1.29, 1.82) is 0 Å². The quantitative estimate of drug-likeness (QED) is 0.615. The number of halogens is 1. The molecule has 2 unspecified atom stereocenters. The maximum absolute atomic E-state index is 13.5. The second-order valence-corrected chi connectivity index (χ2v) is 6.56. The summed E-state index contributed by atoms with van der Waals surface area (Å²) in [5.74, 6) is -0.432. The number of benzene rings is 1. The first-order chi connectivity index (χ1) is 8.00. The minimum atomic E-state index is -1.18. The molecule has 0 bridgehead atoms. The molecule has 0 amide bonds. The molecule has 1 rings (SSSR count). The van der Waals surface area contributed by atoms with Gasteiger partial charge in [0.1, 0.15) is 0 Å². The Kier molecular flexibility index (Phi) is 5.66. The van der Waals surface area contributed by atoms with Gasteiger partial charge in [-0.25, -0.2) is 0 Å². The number of ether oxygens (including phenoxy) is 1. The molecule has 0 aliphatic heterocycles. The Hall–Kier alpha value is -0.861. The fourth-order valence-electron chi connectivity index (χ4n) is 1.27. The van der Waals surface area contributed by atoms with Crippen LogP contribution >= 0.6 is 0 Å². The zero-order valence-corrected chi connectivity index (χ0v) is 11.9. The van der Waals surface area contributed by atoms with Gasteiger partial charge in [0.15, 0.2) is 0 Å². The average molecular weight is 303 g/mol. The SMILES string of the molecule is CC(C)OC(=O)C([Se]c1ccccc1)C(C)F. The van der Waals surface area contributed by atoms with Crippen LogP contribution in [0, 0.1) is 0 Å². The summed E-state index contributed by atoms with van der Waals surface area (Å²) in [6, 6.07) is 9.52. The first kappa shape index (κ1) is 14.2. The normalized spacial score (nSPS) is 14.4. The monoisotopic (exact) mass is 304 g/mol. The molecule has 0 aliphatic carbocycles. The molecule has 17 heavy (non-hydrogen) atoms. The predicted molar refractivity (Wildman–Crippen MR) is 67.4 cm³/mol. The summed E-state index contributed by atoms with van der Waals surface area (Å²) in [7, 11) is 0. The van der Waals surface area contributed by atoms with Crippen molar-refractivity contribution in [2.75, 3.05) is 0 Å². The number of alkyl halides is 1. The van der Waals surface area contributed by atoms with Gasteiger partial charge in [-0.2, -0.15) is 0 Å². The Morgan fingerprint density at radius 2 is 1.82 bits per heavy atom. The number of hydrogen-bond donors (Lipinski definition) is 0. The van der Waals surface area contributed by atoms with Crippen LogP contribution in [0.15, 0.2) is 30.3 Å². The van der Waals surface area contributed by atoms with E-state index in [0.717, 1.165) is 4.46 Å². The Balaban J connectivity index is 2.70. The molecule has 0 saturated carbocycles. The Bertz CT molecular complexity index is 352. The van der Waals surface area contributed by atoms with Gasteiger partial charge in [-0.3, -0.25) is 0 Å². The first-order valence-electron chi connectivity index (χ1n) is 5.57. The molecule has 94 valence electrons. The number of carbonyl (C=O) groups is 1. The van der Waals surface area contributed by atoms with Crippen molar-refractivity contribution in [3.8, 4) is 0 Å². The van der Waals surface area contributed by atoms with Gasteiger partial charge >= 0.3 is 108 Å². The summed E-state index contributed by atoms with van der Waals surface area (Å²) in [4.78, 5) is 11.1. The number of hydrogen-bond acceptors (Lipinski definition) is 2. The fraction of sp³-hybridized carbons (Fsp3) is 0.462. The van der Waals surface area contributed by atoms with Crippen molar-refractivity contribution in [3.05, 3.63) is 30.3 Å². The molecule has 0 radical (unpaired) electrons. The van der Waals surface area contributed by atoms with Gasteiger partial charge in [0.25, 0.3) is 0 Å². The molecule has 0 saturated heterocycles. The van der Waals surface area contributed by atoms with Crippen molar-refractivity contribution >= 4 is 25.4 Å². The summed E-state index contributed by atoms with van der Waals surface area (Å²) in [6.45, 7) is 4.96. The number of esters is 1. The predicted octanol–water partition coefficient (Wildman–Crippen LogP) is 2.11. The van der Waals surface area contributed by atoms with Gasteiger partial charge in [0, 0.05) is 0 Å². The van der Waals surface area contributed by atoms with E-state index in [9.17, 15) is 9.18 Å². The molecule has 2 atom stereocenters. The molecule has 0 spiro atoms. The summed E-state index contributed by atoms with van der Waals surface area (Å²) in [6.07, 6.45) is -1.38. The second kappa shape index (κ2) is 6.77. The third-order valence-electron chi connectivity index (χ3n) is 2.01. The number of carbonyl (C=O) groups excluding carboxylic acids is 1. The summed E-state index contributed by atoms with van der Waals surface area (Å²) >= 11 is -0.235. The van der Waals surface area contributed by atoms with Crippen molar-refractivity contribution in [2.24, 2.45) is 0 Å². The van der Waals surface area contributed by atoms with Crippen LogP contribution in [0.3, 0.4) is 0 Å². The molecule has 0 fully saturated rings. The van der Waals surface area contributed by atoms with Crippen molar-refractivity contribution in [1.82, 2.24) is 0 Å². The zero-order valence-electron chi connectivity index (χ0n) is 10.2. The van der Waals surface area contributed by atoms with Crippen LogP contribution in [0.1, 0.15) is 20.8 Å². The third kappa shape index (κ3) is 4.88. The third-order valence-corrected chi connectivity index (χ3v) is 4.87. The van der Waals surface area contributed by atoms with E-state index in [1.165, 1.54) is 6.92 Å². The Morgan fingerprint density at radius 1 is 1.24 bits per heavy atom. The van der Waals surface area contributed by atoms with Gasteiger partial charge < -0.3 is 0 Å². The standard InChI is InChI=1S/C13H17FO2Se/c1-9(2)16-13(15)12(10(3)14)17-11-7-5-4-6-8-11/h4-10,12H,1-3H3. The van der Waals surface area contributed by atoms with Crippen LogP contribution in [0.4, 0.5) is 4.39 Å². The van der Waals surface area contributed by atoms with E-state index < -0.39 is 17.0 Å². The van der Waals surface area contributed by atoms with E-state index in [1.807, 2.05) is 30.3 Å². The first-order valence-corrected chi connectivity index (χ1v) is 7.41. The van der Waals surface area contributed by atoms with Crippen LogP contribution in [-0.2, 0) is 9.53 Å². The molecule has 1 aromatic carbocycles.